The minimum Gasteiger partial charge on any atom is -0.337 e. The van der Waals surface area contributed by atoms with Crippen LogP contribution in [0.4, 0.5) is 0 Å². The lowest BCUT2D eigenvalue weighted by Crippen LogP contribution is -2.38. The predicted molar refractivity (Wildman–Crippen MR) is 86.1 cm³/mol. The second kappa shape index (κ2) is 6.72. The van der Waals surface area contributed by atoms with Gasteiger partial charge in [0.1, 0.15) is 0 Å². The summed E-state index contributed by atoms with van der Waals surface area (Å²) in [6.07, 6.45) is 1.08. The van der Waals surface area contributed by atoms with Crippen LogP contribution < -0.4 is 0 Å². The SMILES string of the molecule is CCN(CC)C1CCN(C(=O)c2cc(C)cc(Br)c2)C1. The minimum absolute atomic E-state index is 0.157. The number of amides is 1. The summed E-state index contributed by atoms with van der Waals surface area (Å²) in [5.74, 6) is 0.157. The summed E-state index contributed by atoms with van der Waals surface area (Å²) in [6, 6.07) is 6.43. The number of halogens is 1. The van der Waals surface area contributed by atoms with Crippen molar-refractivity contribution in [1.82, 2.24) is 9.80 Å². The molecule has 110 valence electrons. The van der Waals surface area contributed by atoms with Gasteiger partial charge in [0.2, 0.25) is 0 Å². The summed E-state index contributed by atoms with van der Waals surface area (Å²) in [6.45, 7) is 10.2. The third kappa shape index (κ3) is 3.41. The van der Waals surface area contributed by atoms with Crippen LogP contribution in [0.25, 0.3) is 0 Å². The van der Waals surface area contributed by atoms with E-state index in [0.717, 1.165) is 48.2 Å². The fraction of sp³-hybridized carbons (Fsp3) is 0.562. The molecule has 1 heterocycles. The van der Waals surface area contributed by atoms with Crippen LogP contribution in [0.3, 0.4) is 0 Å². The van der Waals surface area contributed by atoms with E-state index < -0.39 is 0 Å². The maximum absolute atomic E-state index is 12.6. The van der Waals surface area contributed by atoms with Crippen LogP contribution in [-0.4, -0.2) is 47.9 Å². The molecule has 1 fully saturated rings. The molecular formula is C16H23BrN2O. The molecule has 3 nitrogen and oxygen atoms in total. The molecule has 0 aromatic heterocycles. The summed E-state index contributed by atoms with van der Waals surface area (Å²) >= 11 is 3.47. The molecule has 0 spiro atoms. The molecular weight excluding hydrogens is 316 g/mol. The Labute approximate surface area is 130 Å². The molecule has 1 aromatic carbocycles. The van der Waals surface area contributed by atoms with Gasteiger partial charge in [-0.25, -0.2) is 0 Å². The summed E-state index contributed by atoms with van der Waals surface area (Å²) in [5, 5.41) is 0. The summed E-state index contributed by atoms with van der Waals surface area (Å²) in [5.41, 5.74) is 1.90. The Balaban J connectivity index is 2.07. The van der Waals surface area contributed by atoms with Gasteiger partial charge in [0, 0.05) is 29.2 Å². The molecule has 1 aromatic rings. The molecule has 1 amide bonds. The minimum atomic E-state index is 0.157. The summed E-state index contributed by atoms with van der Waals surface area (Å²) in [4.78, 5) is 17.0. The maximum Gasteiger partial charge on any atom is 0.253 e. The van der Waals surface area contributed by atoms with E-state index in [1.807, 2.05) is 30.0 Å². The quantitative estimate of drug-likeness (QED) is 0.840. The smallest absolute Gasteiger partial charge is 0.253 e. The van der Waals surface area contributed by atoms with Gasteiger partial charge in [0.15, 0.2) is 0 Å². The van der Waals surface area contributed by atoms with Crippen molar-refractivity contribution in [2.24, 2.45) is 0 Å². The fourth-order valence-electron chi connectivity index (χ4n) is 3.01. The van der Waals surface area contributed by atoms with E-state index in [1.54, 1.807) is 0 Å². The largest absolute Gasteiger partial charge is 0.337 e. The van der Waals surface area contributed by atoms with Crippen molar-refractivity contribution < 1.29 is 4.79 Å². The fourth-order valence-corrected chi connectivity index (χ4v) is 3.61. The van der Waals surface area contributed by atoms with Gasteiger partial charge in [0.05, 0.1) is 0 Å². The van der Waals surface area contributed by atoms with Crippen molar-refractivity contribution in [3.05, 3.63) is 33.8 Å². The number of rotatable bonds is 4. The monoisotopic (exact) mass is 338 g/mol. The van der Waals surface area contributed by atoms with E-state index in [4.69, 9.17) is 0 Å². The van der Waals surface area contributed by atoms with E-state index in [2.05, 4.69) is 34.7 Å². The third-order valence-electron chi connectivity index (χ3n) is 4.07. The maximum atomic E-state index is 12.6. The summed E-state index contributed by atoms with van der Waals surface area (Å²) < 4.78 is 0.973. The van der Waals surface area contributed by atoms with Crippen molar-refractivity contribution >= 4 is 21.8 Å². The van der Waals surface area contributed by atoms with E-state index in [-0.39, 0.29) is 5.91 Å². The number of benzene rings is 1. The Bertz CT molecular complexity index is 465. The van der Waals surface area contributed by atoms with E-state index >= 15 is 0 Å². The van der Waals surface area contributed by atoms with Gasteiger partial charge >= 0.3 is 0 Å². The van der Waals surface area contributed by atoms with Crippen molar-refractivity contribution in [2.75, 3.05) is 26.2 Å². The highest BCUT2D eigenvalue weighted by Gasteiger charge is 2.29. The topological polar surface area (TPSA) is 23.6 Å². The van der Waals surface area contributed by atoms with Crippen LogP contribution in [0.15, 0.2) is 22.7 Å². The zero-order valence-corrected chi connectivity index (χ0v) is 14.1. The van der Waals surface area contributed by atoms with Crippen molar-refractivity contribution in [3.63, 3.8) is 0 Å². The molecule has 0 aliphatic carbocycles. The van der Waals surface area contributed by atoms with Crippen molar-refractivity contribution in [1.29, 1.82) is 0 Å². The van der Waals surface area contributed by atoms with Crippen LogP contribution >= 0.6 is 15.9 Å². The number of nitrogens with zero attached hydrogens (tertiary/aromatic N) is 2. The lowest BCUT2D eigenvalue weighted by Gasteiger charge is -2.26. The number of likely N-dealkylation sites (N-methyl/N-ethyl adjacent to an activating group) is 1. The highest BCUT2D eigenvalue weighted by Crippen LogP contribution is 2.21. The van der Waals surface area contributed by atoms with Crippen molar-refractivity contribution in [2.45, 2.75) is 33.2 Å². The van der Waals surface area contributed by atoms with Crippen LogP contribution in [-0.2, 0) is 0 Å². The van der Waals surface area contributed by atoms with Gasteiger partial charge in [-0.15, -0.1) is 0 Å². The molecule has 1 aliphatic rings. The lowest BCUT2D eigenvalue weighted by molar-refractivity contribution is 0.0778. The lowest BCUT2D eigenvalue weighted by atomic mass is 10.1. The first-order valence-electron chi connectivity index (χ1n) is 7.35. The molecule has 4 heteroatoms. The van der Waals surface area contributed by atoms with Gasteiger partial charge in [-0.2, -0.15) is 0 Å². The molecule has 20 heavy (non-hydrogen) atoms. The van der Waals surface area contributed by atoms with E-state index in [9.17, 15) is 4.79 Å². The molecule has 0 radical (unpaired) electrons. The molecule has 0 saturated carbocycles. The van der Waals surface area contributed by atoms with E-state index in [0.29, 0.717) is 6.04 Å². The molecule has 1 atom stereocenters. The second-order valence-corrected chi connectivity index (χ2v) is 6.35. The van der Waals surface area contributed by atoms with Gasteiger partial charge in [-0.1, -0.05) is 29.8 Å². The Kier molecular flexibility index (Phi) is 5.22. The van der Waals surface area contributed by atoms with Gasteiger partial charge < -0.3 is 4.90 Å². The first kappa shape index (κ1) is 15.5. The average molecular weight is 339 g/mol. The molecule has 1 aliphatic heterocycles. The highest BCUT2D eigenvalue weighted by atomic mass is 79.9. The van der Waals surface area contributed by atoms with Crippen LogP contribution in [0, 0.1) is 6.92 Å². The number of carbonyl (C=O) groups excluding carboxylic acids is 1. The average Bonchev–Trinajstić information content (AvgIpc) is 2.88. The first-order valence-corrected chi connectivity index (χ1v) is 8.15. The van der Waals surface area contributed by atoms with Gasteiger partial charge in [0.25, 0.3) is 5.91 Å². The normalized spacial score (nSPS) is 18.9. The number of hydrogen-bond acceptors (Lipinski definition) is 2. The van der Waals surface area contributed by atoms with Crippen molar-refractivity contribution in [3.8, 4) is 0 Å². The van der Waals surface area contributed by atoms with Crippen LogP contribution in [0.2, 0.25) is 0 Å². The summed E-state index contributed by atoms with van der Waals surface area (Å²) in [7, 11) is 0. The molecule has 2 rings (SSSR count). The third-order valence-corrected chi connectivity index (χ3v) is 4.53. The molecule has 0 N–H and O–H groups in total. The van der Waals surface area contributed by atoms with Gasteiger partial charge in [-0.05, 0) is 50.2 Å². The Morgan fingerprint density at radius 2 is 2.05 bits per heavy atom. The Morgan fingerprint density at radius 3 is 2.65 bits per heavy atom. The number of carbonyl (C=O) groups is 1. The molecule has 1 unspecified atom stereocenters. The zero-order chi connectivity index (χ0) is 14.7. The number of likely N-dealkylation sites (tertiary alicyclic amines) is 1. The molecule has 0 bridgehead atoms. The number of aryl methyl sites for hydroxylation is 1. The van der Waals surface area contributed by atoms with Crippen LogP contribution in [0.1, 0.15) is 36.2 Å². The zero-order valence-electron chi connectivity index (χ0n) is 12.5. The predicted octanol–water partition coefficient (Wildman–Crippen LogP) is 3.31. The van der Waals surface area contributed by atoms with Crippen LogP contribution in [0.5, 0.6) is 0 Å². The second-order valence-electron chi connectivity index (χ2n) is 5.43. The van der Waals surface area contributed by atoms with E-state index in [1.165, 1.54) is 0 Å². The number of hydrogen-bond donors (Lipinski definition) is 0. The first-order chi connectivity index (χ1) is 9.55. The highest BCUT2D eigenvalue weighted by molar-refractivity contribution is 9.10. The molecule has 1 saturated heterocycles. The standard InChI is InChI=1S/C16H23BrN2O/c1-4-18(5-2)15-6-7-19(11-15)16(20)13-8-12(3)9-14(17)10-13/h8-10,15H,4-7,11H2,1-3H3. The van der Waals surface area contributed by atoms with Gasteiger partial charge in [-0.3, -0.25) is 9.69 Å². The Morgan fingerprint density at radius 1 is 1.35 bits per heavy atom. The Hall–Kier alpha value is -0.870.